The number of likely N-dealkylation sites (tertiary alicyclic amines) is 1. The fourth-order valence-electron chi connectivity index (χ4n) is 3.86. The highest BCUT2D eigenvalue weighted by Gasteiger charge is 2.41. The molecule has 2 amide bonds. The number of imidazole rings is 1. The molecule has 0 saturated carbocycles. The van der Waals surface area contributed by atoms with Crippen molar-refractivity contribution in [1.82, 2.24) is 20.2 Å². The number of H-pyrrole nitrogens is 1. The zero-order valence-corrected chi connectivity index (χ0v) is 19.2. The second kappa shape index (κ2) is 10.4. The minimum atomic E-state index is -2.90. The van der Waals surface area contributed by atoms with Crippen molar-refractivity contribution in [2.24, 2.45) is 11.8 Å². The van der Waals surface area contributed by atoms with E-state index in [-0.39, 0.29) is 25.0 Å². The van der Waals surface area contributed by atoms with Crippen molar-refractivity contribution in [3.05, 3.63) is 40.8 Å². The SMILES string of the molecule is CC(C)C(NC(=O)O)C(=O)N1CC(COC(F)F)CC1c1ncc(-c2ccc(Br)cc2)[nH]1. The van der Waals surface area contributed by atoms with Gasteiger partial charge in [-0.3, -0.25) is 4.79 Å². The van der Waals surface area contributed by atoms with E-state index in [2.05, 4.69) is 36.0 Å². The summed E-state index contributed by atoms with van der Waals surface area (Å²) < 4.78 is 30.5. The molecule has 1 aliphatic rings. The number of aromatic nitrogens is 2. The van der Waals surface area contributed by atoms with Gasteiger partial charge in [-0.05, 0) is 30.0 Å². The summed E-state index contributed by atoms with van der Waals surface area (Å²) in [7, 11) is 0. The average Bonchev–Trinajstić information content (AvgIpc) is 3.37. The Morgan fingerprint density at radius 2 is 2.03 bits per heavy atom. The first-order valence-electron chi connectivity index (χ1n) is 10.2. The van der Waals surface area contributed by atoms with Crippen LogP contribution in [0.15, 0.2) is 34.9 Å². The molecular formula is C21H25BrF2N4O4. The number of aromatic amines is 1. The third kappa shape index (κ3) is 5.83. The maximum atomic E-state index is 13.3. The van der Waals surface area contributed by atoms with Gasteiger partial charge in [-0.1, -0.05) is 41.9 Å². The monoisotopic (exact) mass is 514 g/mol. The summed E-state index contributed by atoms with van der Waals surface area (Å²) in [6.45, 7) is 0.522. The fraction of sp³-hybridized carbons (Fsp3) is 0.476. The van der Waals surface area contributed by atoms with Gasteiger partial charge >= 0.3 is 12.7 Å². The second-order valence-electron chi connectivity index (χ2n) is 8.06. The Bertz CT molecular complexity index is 938. The highest BCUT2D eigenvalue weighted by molar-refractivity contribution is 9.10. The second-order valence-corrected chi connectivity index (χ2v) is 8.98. The number of ether oxygens (including phenoxy) is 1. The van der Waals surface area contributed by atoms with Crippen LogP contribution in [0.3, 0.4) is 0 Å². The van der Waals surface area contributed by atoms with Crippen LogP contribution in [0.1, 0.15) is 32.1 Å². The third-order valence-electron chi connectivity index (χ3n) is 5.41. The predicted octanol–water partition coefficient (Wildman–Crippen LogP) is 4.26. The Labute approximate surface area is 192 Å². The number of halogens is 3. The van der Waals surface area contributed by atoms with E-state index < -0.39 is 30.7 Å². The van der Waals surface area contributed by atoms with Crippen LogP contribution >= 0.6 is 15.9 Å². The van der Waals surface area contributed by atoms with E-state index in [1.54, 1.807) is 20.0 Å². The van der Waals surface area contributed by atoms with Gasteiger partial charge in [0.05, 0.1) is 24.5 Å². The molecular weight excluding hydrogens is 490 g/mol. The van der Waals surface area contributed by atoms with Crippen molar-refractivity contribution in [3.8, 4) is 11.3 Å². The Kier molecular flexibility index (Phi) is 7.83. The standard InChI is InChI=1S/C21H25BrF2N4O4/c1-11(2)17(27-21(30)31)19(29)28-9-12(10-32-20(23)24)7-16(28)18-25-8-15(26-18)13-3-5-14(22)6-4-13/h3-6,8,11-12,16-17,20,27H,7,9-10H2,1-2H3,(H,25,26)(H,30,31). The molecule has 3 N–H and O–H groups in total. The van der Waals surface area contributed by atoms with Crippen molar-refractivity contribution in [2.45, 2.75) is 39.0 Å². The molecule has 0 bridgehead atoms. The van der Waals surface area contributed by atoms with E-state index in [0.29, 0.717) is 12.2 Å². The Morgan fingerprint density at radius 3 is 2.62 bits per heavy atom. The summed E-state index contributed by atoms with van der Waals surface area (Å²) >= 11 is 3.39. The van der Waals surface area contributed by atoms with Gasteiger partial charge in [-0.2, -0.15) is 8.78 Å². The number of amides is 2. The van der Waals surface area contributed by atoms with E-state index in [1.807, 2.05) is 24.3 Å². The van der Waals surface area contributed by atoms with E-state index in [9.17, 15) is 18.4 Å². The molecule has 1 fully saturated rings. The summed E-state index contributed by atoms with van der Waals surface area (Å²) in [6, 6.07) is 6.11. The Hall–Kier alpha value is -2.53. The van der Waals surface area contributed by atoms with Gasteiger partial charge in [-0.15, -0.1) is 0 Å². The highest BCUT2D eigenvalue weighted by Crippen LogP contribution is 2.36. The lowest BCUT2D eigenvalue weighted by Crippen LogP contribution is -2.51. The maximum absolute atomic E-state index is 13.3. The number of carbonyl (C=O) groups excluding carboxylic acids is 1. The summed E-state index contributed by atoms with van der Waals surface area (Å²) in [5, 5.41) is 11.4. The third-order valence-corrected chi connectivity index (χ3v) is 5.94. The molecule has 0 spiro atoms. The summed E-state index contributed by atoms with van der Waals surface area (Å²) in [6.07, 6.45) is 0.712. The van der Waals surface area contributed by atoms with Crippen LogP contribution in [0, 0.1) is 11.8 Å². The van der Waals surface area contributed by atoms with Crippen LogP contribution in [0.5, 0.6) is 0 Å². The zero-order chi connectivity index (χ0) is 23.4. The zero-order valence-electron chi connectivity index (χ0n) is 17.6. The molecule has 1 aliphatic heterocycles. The minimum absolute atomic E-state index is 0.162. The summed E-state index contributed by atoms with van der Waals surface area (Å²) in [5.74, 6) is -0.551. The normalized spacial score (nSPS) is 19.5. The molecule has 8 nitrogen and oxygen atoms in total. The first kappa shape index (κ1) is 24.1. The van der Waals surface area contributed by atoms with Gasteiger partial charge in [-0.25, -0.2) is 9.78 Å². The maximum Gasteiger partial charge on any atom is 0.405 e. The van der Waals surface area contributed by atoms with E-state index in [1.165, 1.54) is 4.90 Å². The van der Waals surface area contributed by atoms with Gasteiger partial charge in [0.15, 0.2) is 0 Å². The fourth-order valence-corrected chi connectivity index (χ4v) is 4.13. The van der Waals surface area contributed by atoms with E-state index in [4.69, 9.17) is 5.11 Å². The molecule has 2 heterocycles. The number of nitrogens with one attached hydrogen (secondary N) is 2. The Morgan fingerprint density at radius 1 is 1.34 bits per heavy atom. The minimum Gasteiger partial charge on any atom is -0.465 e. The van der Waals surface area contributed by atoms with Gasteiger partial charge in [0.25, 0.3) is 0 Å². The molecule has 1 aromatic heterocycles. The first-order chi connectivity index (χ1) is 15.2. The largest absolute Gasteiger partial charge is 0.465 e. The quantitative estimate of drug-likeness (QED) is 0.487. The molecule has 3 atom stereocenters. The number of nitrogens with zero attached hydrogens (tertiary/aromatic N) is 2. The molecule has 32 heavy (non-hydrogen) atoms. The van der Waals surface area contributed by atoms with Crippen LogP contribution in [0.4, 0.5) is 13.6 Å². The van der Waals surface area contributed by atoms with Crippen molar-refractivity contribution in [1.29, 1.82) is 0 Å². The molecule has 0 radical (unpaired) electrons. The number of alkyl halides is 2. The molecule has 1 aromatic carbocycles. The topological polar surface area (TPSA) is 108 Å². The lowest BCUT2D eigenvalue weighted by atomic mass is 10.0. The van der Waals surface area contributed by atoms with Crippen molar-refractivity contribution >= 4 is 27.9 Å². The van der Waals surface area contributed by atoms with Crippen molar-refractivity contribution < 1.29 is 28.2 Å². The molecule has 11 heteroatoms. The number of hydrogen-bond donors (Lipinski definition) is 3. The highest BCUT2D eigenvalue weighted by atomic mass is 79.9. The average molecular weight is 515 g/mol. The number of rotatable bonds is 8. The molecule has 1 saturated heterocycles. The van der Waals surface area contributed by atoms with Crippen LogP contribution in [-0.4, -0.2) is 57.8 Å². The number of carboxylic acid groups (broad SMARTS) is 1. The van der Waals surface area contributed by atoms with Gasteiger partial charge in [0, 0.05) is 16.9 Å². The summed E-state index contributed by atoms with van der Waals surface area (Å²) in [5.41, 5.74) is 1.64. The lowest BCUT2D eigenvalue weighted by Gasteiger charge is -2.29. The number of carbonyl (C=O) groups is 2. The molecule has 174 valence electrons. The summed E-state index contributed by atoms with van der Waals surface area (Å²) in [4.78, 5) is 33.6. The molecule has 3 unspecified atom stereocenters. The van der Waals surface area contributed by atoms with Crippen LogP contribution in [0.2, 0.25) is 0 Å². The van der Waals surface area contributed by atoms with Gasteiger partial charge in [0.1, 0.15) is 11.9 Å². The smallest absolute Gasteiger partial charge is 0.405 e. The van der Waals surface area contributed by atoms with Crippen molar-refractivity contribution in [2.75, 3.05) is 13.2 Å². The van der Waals surface area contributed by atoms with Gasteiger partial charge < -0.3 is 25.0 Å². The number of hydrogen-bond acceptors (Lipinski definition) is 4. The van der Waals surface area contributed by atoms with E-state index in [0.717, 1.165) is 15.7 Å². The van der Waals surface area contributed by atoms with Crippen molar-refractivity contribution in [3.63, 3.8) is 0 Å². The molecule has 2 aromatic rings. The lowest BCUT2D eigenvalue weighted by molar-refractivity contribution is -0.139. The molecule has 3 rings (SSSR count). The first-order valence-corrected chi connectivity index (χ1v) is 11.0. The predicted molar refractivity (Wildman–Crippen MR) is 116 cm³/mol. The van der Waals surface area contributed by atoms with Crippen LogP contribution in [-0.2, 0) is 9.53 Å². The molecule has 0 aliphatic carbocycles. The van der Waals surface area contributed by atoms with E-state index >= 15 is 0 Å². The Balaban J connectivity index is 1.87. The van der Waals surface area contributed by atoms with Gasteiger partial charge in [0.2, 0.25) is 5.91 Å². The van der Waals surface area contributed by atoms with Crippen LogP contribution in [0.25, 0.3) is 11.3 Å². The van der Waals surface area contributed by atoms with Crippen LogP contribution < -0.4 is 5.32 Å². The number of benzene rings is 1.